The molecule has 190 valence electrons. The SMILES string of the molecule is C[C@@H](C(=O)NC1CCCC1)N(Cc1ccc(Cl)c(Cl)c1)C(=O)CN(c1ccccc1Cl)S(C)(=O)=O. The molecule has 35 heavy (non-hydrogen) atoms. The lowest BCUT2D eigenvalue weighted by Gasteiger charge is -2.32. The summed E-state index contributed by atoms with van der Waals surface area (Å²) in [6.07, 6.45) is 4.89. The van der Waals surface area contributed by atoms with Crippen molar-refractivity contribution < 1.29 is 18.0 Å². The molecule has 1 fully saturated rings. The van der Waals surface area contributed by atoms with Crippen LogP contribution in [0, 0.1) is 0 Å². The summed E-state index contributed by atoms with van der Waals surface area (Å²) in [6.45, 7) is 1.14. The highest BCUT2D eigenvalue weighted by Gasteiger charge is 2.32. The number of rotatable bonds is 9. The Morgan fingerprint density at radius 1 is 1.03 bits per heavy atom. The zero-order valence-corrected chi connectivity index (χ0v) is 22.6. The first kappa shape index (κ1) is 27.6. The second-order valence-electron chi connectivity index (χ2n) is 8.66. The lowest BCUT2D eigenvalue weighted by Crippen LogP contribution is -2.52. The van der Waals surface area contributed by atoms with Gasteiger partial charge in [-0.2, -0.15) is 0 Å². The summed E-state index contributed by atoms with van der Waals surface area (Å²) in [5.41, 5.74) is 0.833. The first-order valence-electron chi connectivity index (χ1n) is 11.2. The van der Waals surface area contributed by atoms with Gasteiger partial charge >= 0.3 is 0 Å². The third-order valence-corrected chi connectivity index (χ3v) is 8.19. The number of nitrogens with zero attached hydrogens (tertiary/aromatic N) is 2. The van der Waals surface area contributed by atoms with E-state index in [-0.39, 0.29) is 29.2 Å². The van der Waals surface area contributed by atoms with Crippen molar-refractivity contribution in [3.05, 3.63) is 63.1 Å². The molecule has 0 aromatic heterocycles. The van der Waals surface area contributed by atoms with Crippen LogP contribution in [0.15, 0.2) is 42.5 Å². The van der Waals surface area contributed by atoms with E-state index in [1.54, 1.807) is 43.3 Å². The molecule has 0 unspecified atom stereocenters. The van der Waals surface area contributed by atoms with Gasteiger partial charge in [-0.05, 0) is 49.6 Å². The van der Waals surface area contributed by atoms with E-state index < -0.39 is 28.5 Å². The Hall–Kier alpha value is -2.00. The molecule has 7 nitrogen and oxygen atoms in total. The molecule has 2 aromatic carbocycles. The van der Waals surface area contributed by atoms with Crippen LogP contribution in [-0.4, -0.2) is 50.0 Å². The zero-order chi connectivity index (χ0) is 25.8. The van der Waals surface area contributed by atoms with Crippen LogP contribution in [0.25, 0.3) is 0 Å². The van der Waals surface area contributed by atoms with Crippen LogP contribution < -0.4 is 9.62 Å². The molecule has 3 rings (SSSR count). The maximum atomic E-state index is 13.6. The molecular weight excluding hydrogens is 533 g/mol. The lowest BCUT2D eigenvalue weighted by molar-refractivity contribution is -0.139. The molecule has 1 saturated carbocycles. The molecule has 11 heteroatoms. The van der Waals surface area contributed by atoms with Crippen molar-refractivity contribution in [1.29, 1.82) is 0 Å². The van der Waals surface area contributed by atoms with Crippen molar-refractivity contribution in [2.75, 3.05) is 17.1 Å². The number of sulfonamides is 1. The third kappa shape index (κ3) is 7.26. The first-order chi connectivity index (χ1) is 16.5. The Balaban J connectivity index is 1.90. The van der Waals surface area contributed by atoms with Gasteiger partial charge in [0.05, 0.1) is 27.0 Å². The third-order valence-electron chi connectivity index (χ3n) is 6.01. The van der Waals surface area contributed by atoms with Gasteiger partial charge in [0.1, 0.15) is 12.6 Å². The van der Waals surface area contributed by atoms with Gasteiger partial charge in [-0.1, -0.05) is 65.8 Å². The van der Waals surface area contributed by atoms with Gasteiger partial charge in [-0.25, -0.2) is 8.42 Å². The zero-order valence-electron chi connectivity index (χ0n) is 19.5. The summed E-state index contributed by atoms with van der Waals surface area (Å²) in [5, 5.41) is 3.88. The van der Waals surface area contributed by atoms with Crippen molar-refractivity contribution in [2.45, 2.75) is 51.2 Å². The van der Waals surface area contributed by atoms with Gasteiger partial charge < -0.3 is 10.2 Å². The van der Waals surface area contributed by atoms with E-state index in [2.05, 4.69) is 5.32 Å². The smallest absolute Gasteiger partial charge is 0.244 e. The normalized spacial score (nSPS) is 15.0. The molecule has 1 atom stereocenters. The number of benzene rings is 2. The molecule has 2 amide bonds. The highest BCUT2D eigenvalue weighted by Crippen LogP contribution is 2.28. The average Bonchev–Trinajstić information content (AvgIpc) is 3.30. The maximum absolute atomic E-state index is 13.6. The van der Waals surface area contributed by atoms with Gasteiger partial charge in [-0.15, -0.1) is 0 Å². The Kier molecular flexibility index (Phi) is 9.32. The molecule has 0 radical (unpaired) electrons. The number of amides is 2. The van der Waals surface area contributed by atoms with Crippen molar-refractivity contribution >= 4 is 62.3 Å². The summed E-state index contributed by atoms with van der Waals surface area (Å²) < 4.78 is 26.1. The minimum Gasteiger partial charge on any atom is -0.352 e. The molecule has 0 aliphatic heterocycles. The summed E-state index contributed by atoms with van der Waals surface area (Å²) in [5.74, 6) is -0.857. The average molecular weight is 561 g/mol. The fraction of sp³-hybridized carbons (Fsp3) is 0.417. The molecule has 0 bridgehead atoms. The molecule has 0 saturated heterocycles. The van der Waals surface area contributed by atoms with Crippen LogP contribution in [0.1, 0.15) is 38.2 Å². The Morgan fingerprint density at radius 3 is 2.29 bits per heavy atom. The number of para-hydroxylation sites is 1. The molecule has 1 aliphatic rings. The highest BCUT2D eigenvalue weighted by molar-refractivity contribution is 7.92. The van der Waals surface area contributed by atoms with Crippen molar-refractivity contribution in [3.63, 3.8) is 0 Å². The van der Waals surface area contributed by atoms with Crippen molar-refractivity contribution in [3.8, 4) is 0 Å². The largest absolute Gasteiger partial charge is 0.352 e. The van der Waals surface area contributed by atoms with E-state index >= 15 is 0 Å². The van der Waals surface area contributed by atoms with Gasteiger partial charge in [0.25, 0.3) is 0 Å². The van der Waals surface area contributed by atoms with Crippen molar-refractivity contribution in [2.24, 2.45) is 0 Å². The number of carbonyl (C=O) groups is 2. The fourth-order valence-electron chi connectivity index (χ4n) is 4.06. The number of carbonyl (C=O) groups excluding carboxylic acids is 2. The molecule has 2 aromatic rings. The van der Waals surface area contributed by atoms with Crippen LogP contribution in [-0.2, 0) is 26.2 Å². The van der Waals surface area contributed by atoms with E-state index in [9.17, 15) is 18.0 Å². The Labute approximate surface area is 221 Å². The second kappa shape index (κ2) is 11.8. The van der Waals surface area contributed by atoms with E-state index in [0.29, 0.717) is 15.6 Å². The maximum Gasteiger partial charge on any atom is 0.244 e. The standard InChI is InChI=1S/C24H28Cl3N3O4S/c1-16(24(32)28-18-7-3-4-8-18)29(14-17-11-12-19(25)21(27)13-17)23(31)15-30(35(2,33)34)22-10-6-5-9-20(22)26/h5-6,9-13,16,18H,3-4,7-8,14-15H2,1-2H3,(H,28,32)/t16-/m0/s1. The van der Waals surface area contributed by atoms with Crippen LogP contribution in [0.2, 0.25) is 15.1 Å². The fourth-order valence-corrected chi connectivity index (χ4v) is 5.53. The van der Waals surface area contributed by atoms with Crippen LogP contribution in [0.4, 0.5) is 5.69 Å². The molecule has 1 N–H and O–H groups in total. The monoisotopic (exact) mass is 559 g/mol. The topological polar surface area (TPSA) is 86.8 Å². The van der Waals surface area contributed by atoms with Crippen LogP contribution in [0.3, 0.4) is 0 Å². The van der Waals surface area contributed by atoms with Crippen LogP contribution in [0.5, 0.6) is 0 Å². The number of halogens is 3. The Bertz CT molecular complexity index is 1190. The van der Waals surface area contributed by atoms with E-state index in [1.807, 2.05) is 0 Å². The van der Waals surface area contributed by atoms with Gasteiger partial charge in [0.2, 0.25) is 21.8 Å². The minimum absolute atomic E-state index is 0.0368. The van der Waals surface area contributed by atoms with Gasteiger partial charge in [0, 0.05) is 12.6 Å². The summed E-state index contributed by atoms with van der Waals surface area (Å²) in [7, 11) is -3.86. The predicted octanol–water partition coefficient (Wildman–Crippen LogP) is 4.89. The predicted molar refractivity (Wildman–Crippen MR) is 141 cm³/mol. The van der Waals surface area contributed by atoms with Gasteiger partial charge in [0.15, 0.2) is 0 Å². The second-order valence-corrected chi connectivity index (χ2v) is 11.8. The minimum atomic E-state index is -3.86. The highest BCUT2D eigenvalue weighted by atomic mass is 35.5. The Morgan fingerprint density at radius 2 is 1.69 bits per heavy atom. The number of hydrogen-bond acceptors (Lipinski definition) is 4. The van der Waals surface area contributed by atoms with E-state index in [1.165, 1.54) is 11.0 Å². The molecule has 1 aliphatic carbocycles. The van der Waals surface area contributed by atoms with E-state index in [4.69, 9.17) is 34.8 Å². The van der Waals surface area contributed by atoms with Gasteiger partial charge in [-0.3, -0.25) is 13.9 Å². The first-order valence-corrected chi connectivity index (χ1v) is 14.2. The quantitative estimate of drug-likeness (QED) is 0.473. The summed E-state index contributed by atoms with van der Waals surface area (Å²) in [4.78, 5) is 28.0. The lowest BCUT2D eigenvalue weighted by atomic mass is 10.1. The number of hydrogen-bond donors (Lipinski definition) is 1. The van der Waals surface area contributed by atoms with E-state index in [0.717, 1.165) is 36.2 Å². The molecular formula is C24H28Cl3N3O4S. The summed E-state index contributed by atoms with van der Waals surface area (Å²) >= 11 is 18.4. The summed E-state index contributed by atoms with van der Waals surface area (Å²) in [6, 6.07) is 10.5. The van der Waals surface area contributed by atoms with Crippen LogP contribution >= 0.6 is 34.8 Å². The van der Waals surface area contributed by atoms with Crippen molar-refractivity contribution in [1.82, 2.24) is 10.2 Å². The molecule has 0 spiro atoms. The number of nitrogens with one attached hydrogen (secondary N) is 1. The number of anilines is 1. The molecule has 0 heterocycles.